The van der Waals surface area contributed by atoms with Crippen molar-refractivity contribution < 1.29 is 9.53 Å². The molecule has 3 nitrogen and oxygen atoms in total. The van der Waals surface area contributed by atoms with Gasteiger partial charge in [-0.3, -0.25) is 4.79 Å². The second kappa shape index (κ2) is 6.89. The van der Waals surface area contributed by atoms with E-state index in [1.54, 1.807) is 0 Å². The number of carbonyl (C=O) groups is 1. The highest BCUT2D eigenvalue weighted by Crippen LogP contribution is 2.32. The summed E-state index contributed by atoms with van der Waals surface area (Å²) in [7, 11) is 0. The van der Waals surface area contributed by atoms with Crippen LogP contribution in [0.5, 0.6) is 5.75 Å². The monoisotopic (exact) mass is 275 g/mol. The van der Waals surface area contributed by atoms with Gasteiger partial charge in [0.1, 0.15) is 5.75 Å². The summed E-state index contributed by atoms with van der Waals surface area (Å²) in [6.45, 7) is 4.60. The van der Waals surface area contributed by atoms with Crippen molar-refractivity contribution in [3.63, 3.8) is 0 Å². The van der Waals surface area contributed by atoms with Gasteiger partial charge in [-0.15, -0.1) is 0 Å². The summed E-state index contributed by atoms with van der Waals surface area (Å²) in [4.78, 5) is 12.6. The fourth-order valence-corrected chi connectivity index (χ4v) is 3.02. The average Bonchev–Trinajstić information content (AvgIpc) is 2.46. The van der Waals surface area contributed by atoms with E-state index in [0.717, 1.165) is 30.6 Å². The lowest BCUT2D eigenvalue weighted by Crippen LogP contribution is -2.32. The molecule has 0 heterocycles. The summed E-state index contributed by atoms with van der Waals surface area (Å²) in [6.07, 6.45) is 4.55. The number of carbonyl (C=O) groups excluding carboxylic acids is 1. The van der Waals surface area contributed by atoms with Gasteiger partial charge in [-0.05, 0) is 63.4 Å². The van der Waals surface area contributed by atoms with Crippen molar-refractivity contribution in [2.24, 2.45) is 17.6 Å². The highest BCUT2D eigenvalue weighted by molar-refractivity contribution is 5.98. The van der Waals surface area contributed by atoms with Crippen LogP contribution in [0.3, 0.4) is 0 Å². The molecule has 0 spiro atoms. The SMILES string of the molecule is CC(C)Oc1ccc(C(=O)C2CCCCC2CN)cc1. The van der Waals surface area contributed by atoms with E-state index in [1.807, 2.05) is 38.1 Å². The molecule has 1 aromatic rings. The Kier molecular flexibility index (Phi) is 5.18. The quantitative estimate of drug-likeness (QED) is 0.838. The maximum absolute atomic E-state index is 12.6. The molecule has 1 aromatic carbocycles. The molecule has 1 aliphatic rings. The number of benzene rings is 1. The van der Waals surface area contributed by atoms with E-state index in [2.05, 4.69) is 0 Å². The summed E-state index contributed by atoms with van der Waals surface area (Å²) in [6, 6.07) is 7.52. The number of hydrogen-bond donors (Lipinski definition) is 1. The largest absolute Gasteiger partial charge is 0.491 e. The molecule has 2 rings (SSSR count). The first-order chi connectivity index (χ1) is 9.61. The number of ketones is 1. The molecule has 1 fully saturated rings. The van der Waals surface area contributed by atoms with Crippen molar-refractivity contribution in [1.29, 1.82) is 0 Å². The van der Waals surface area contributed by atoms with Gasteiger partial charge in [0.05, 0.1) is 6.10 Å². The molecule has 0 aliphatic heterocycles. The first kappa shape index (κ1) is 15.0. The van der Waals surface area contributed by atoms with Gasteiger partial charge in [-0.1, -0.05) is 12.8 Å². The van der Waals surface area contributed by atoms with E-state index in [-0.39, 0.29) is 17.8 Å². The Morgan fingerprint density at radius 3 is 2.50 bits per heavy atom. The number of ether oxygens (including phenoxy) is 1. The molecule has 20 heavy (non-hydrogen) atoms. The molecule has 0 aromatic heterocycles. The molecule has 110 valence electrons. The topological polar surface area (TPSA) is 52.3 Å². The minimum absolute atomic E-state index is 0.102. The molecule has 2 atom stereocenters. The second-order valence-electron chi connectivity index (χ2n) is 5.94. The van der Waals surface area contributed by atoms with Crippen LogP contribution in [0.25, 0.3) is 0 Å². The standard InChI is InChI=1S/C17H25NO2/c1-12(2)20-15-9-7-13(8-10-15)17(19)16-6-4-3-5-14(16)11-18/h7-10,12,14,16H,3-6,11,18H2,1-2H3. The third-order valence-electron chi connectivity index (χ3n) is 4.06. The lowest BCUT2D eigenvalue weighted by atomic mass is 9.75. The van der Waals surface area contributed by atoms with Gasteiger partial charge < -0.3 is 10.5 Å². The van der Waals surface area contributed by atoms with Gasteiger partial charge in [0, 0.05) is 11.5 Å². The Hall–Kier alpha value is -1.35. The molecule has 1 aliphatic carbocycles. The van der Waals surface area contributed by atoms with Crippen molar-refractivity contribution in [2.45, 2.75) is 45.6 Å². The fraction of sp³-hybridized carbons (Fsp3) is 0.588. The maximum atomic E-state index is 12.6. The lowest BCUT2D eigenvalue weighted by molar-refractivity contribution is 0.0829. The van der Waals surface area contributed by atoms with Crippen LogP contribution in [0.2, 0.25) is 0 Å². The van der Waals surface area contributed by atoms with Gasteiger partial charge in [-0.2, -0.15) is 0 Å². The Balaban J connectivity index is 2.08. The molecular weight excluding hydrogens is 250 g/mol. The van der Waals surface area contributed by atoms with Gasteiger partial charge in [-0.25, -0.2) is 0 Å². The molecule has 0 saturated heterocycles. The Morgan fingerprint density at radius 2 is 1.90 bits per heavy atom. The van der Waals surface area contributed by atoms with Crippen molar-refractivity contribution >= 4 is 5.78 Å². The van der Waals surface area contributed by atoms with Crippen LogP contribution in [0.15, 0.2) is 24.3 Å². The maximum Gasteiger partial charge on any atom is 0.166 e. The summed E-state index contributed by atoms with van der Waals surface area (Å²) < 4.78 is 5.61. The molecule has 0 bridgehead atoms. The van der Waals surface area contributed by atoms with E-state index in [4.69, 9.17) is 10.5 Å². The lowest BCUT2D eigenvalue weighted by Gasteiger charge is -2.29. The number of rotatable bonds is 5. The van der Waals surface area contributed by atoms with Crippen molar-refractivity contribution in [3.05, 3.63) is 29.8 Å². The Labute approximate surface area is 121 Å². The highest BCUT2D eigenvalue weighted by atomic mass is 16.5. The Morgan fingerprint density at radius 1 is 1.25 bits per heavy atom. The van der Waals surface area contributed by atoms with Crippen LogP contribution in [0, 0.1) is 11.8 Å². The van der Waals surface area contributed by atoms with Crippen LogP contribution in [-0.2, 0) is 0 Å². The number of Topliss-reactive ketones (excluding diaryl/α,β-unsaturated/α-hetero) is 1. The zero-order chi connectivity index (χ0) is 14.5. The molecule has 2 N–H and O–H groups in total. The van der Waals surface area contributed by atoms with Crippen LogP contribution in [0.4, 0.5) is 0 Å². The Bertz CT molecular complexity index is 439. The zero-order valence-corrected chi connectivity index (χ0v) is 12.5. The predicted molar refractivity (Wildman–Crippen MR) is 81.0 cm³/mol. The molecular formula is C17H25NO2. The minimum Gasteiger partial charge on any atom is -0.491 e. The summed E-state index contributed by atoms with van der Waals surface area (Å²) >= 11 is 0. The molecule has 1 saturated carbocycles. The second-order valence-corrected chi connectivity index (χ2v) is 5.94. The number of nitrogens with two attached hydrogens (primary N) is 1. The smallest absolute Gasteiger partial charge is 0.166 e. The predicted octanol–water partition coefficient (Wildman–Crippen LogP) is 3.42. The first-order valence-electron chi connectivity index (χ1n) is 7.63. The number of hydrogen-bond acceptors (Lipinski definition) is 3. The van der Waals surface area contributed by atoms with Crippen molar-refractivity contribution in [3.8, 4) is 5.75 Å². The molecule has 0 radical (unpaired) electrons. The van der Waals surface area contributed by atoms with Crippen LogP contribution < -0.4 is 10.5 Å². The van der Waals surface area contributed by atoms with Gasteiger partial charge >= 0.3 is 0 Å². The summed E-state index contributed by atoms with van der Waals surface area (Å²) in [5.74, 6) is 1.51. The first-order valence-corrected chi connectivity index (χ1v) is 7.63. The molecule has 2 unspecified atom stereocenters. The van der Waals surface area contributed by atoms with E-state index in [0.29, 0.717) is 12.5 Å². The average molecular weight is 275 g/mol. The summed E-state index contributed by atoms with van der Waals surface area (Å²) in [5.41, 5.74) is 6.60. The molecule has 3 heteroatoms. The fourth-order valence-electron chi connectivity index (χ4n) is 3.02. The normalized spacial score (nSPS) is 22.8. The van der Waals surface area contributed by atoms with E-state index in [1.165, 1.54) is 6.42 Å². The van der Waals surface area contributed by atoms with Crippen LogP contribution in [-0.4, -0.2) is 18.4 Å². The third-order valence-corrected chi connectivity index (χ3v) is 4.06. The van der Waals surface area contributed by atoms with E-state index in [9.17, 15) is 4.79 Å². The molecule has 0 amide bonds. The highest BCUT2D eigenvalue weighted by Gasteiger charge is 2.30. The van der Waals surface area contributed by atoms with Crippen molar-refractivity contribution in [2.75, 3.05) is 6.54 Å². The third kappa shape index (κ3) is 3.60. The van der Waals surface area contributed by atoms with Crippen LogP contribution in [0.1, 0.15) is 49.9 Å². The van der Waals surface area contributed by atoms with Gasteiger partial charge in [0.25, 0.3) is 0 Å². The summed E-state index contributed by atoms with van der Waals surface area (Å²) in [5, 5.41) is 0. The van der Waals surface area contributed by atoms with Gasteiger partial charge in [0.15, 0.2) is 5.78 Å². The van der Waals surface area contributed by atoms with E-state index >= 15 is 0 Å². The van der Waals surface area contributed by atoms with E-state index < -0.39 is 0 Å². The van der Waals surface area contributed by atoms with Crippen LogP contribution >= 0.6 is 0 Å². The zero-order valence-electron chi connectivity index (χ0n) is 12.5. The minimum atomic E-state index is 0.102. The van der Waals surface area contributed by atoms with Crippen molar-refractivity contribution in [1.82, 2.24) is 0 Å². The van der Waals surface area contributed by atoms with Gasteiger partial charge in [0.2, 0.25) is 0 Å².